The van der Waals surface area contributed by atoms with Crippen molar-refractivity contribution in [1.29, 1.82) is 0 Å². The SMILES string of the molecule is CCCN(CCC)C(=O)NCC1CCCC1C(=O)O. The van der Waals surface area contributed by atoms with E-state index in [1.807, 2.05) is 18.7 Å². The molecule has 0 aliphatic heterocycles. The van der Waals surface area contributed by atoms with Crippen LogP contribution in [0.2, 0.25) is 0 Å². The van der Waals surface area contributed by atoms with Crippen molar-refractivity contribution in [3.05, 3.63) is 0 Å². The van der Waals surface area contributed by atoms with Crippen molar-refractivity contribution in [2.24, 2.45) is 11.8 Å². The van der Waals surface area contributed by atoms with Crippen LogP contribution >= 0.6 is 0 Å². The van der Waals surface area contributed by atoms with E-state index in [9.17, 15) is 9.59 Å². The summed E-state index contributed by atoms with van der Waals surface area (Å²) < 4.78 is 0. The number of nitrogens with one attached hydrogen (secondary N) is 1. The fourth-order valence-electron chi connectivity index (χ4n) is 2.79. The van der Waals surface area contributed by atoms with Crippen molar-refractivity contribution in [2.75, 3.05) is 19.6 Å². The summed E-state index contributed by atoms with van der Waals surface area (Å²) >= 11 is 0. The first-order chi connectivity index (χ1) is 9.10. The number of hydrogen-bond donors (Lipinski definition) is 2. The van der Waals surface area contributed by atoms with Crippen molar-refractivity contribution in [3.63, 3.8) is 0 Å². The number of amides is 2. The first-order valence-electron chi connectivity index (χ1n) is 7.35. The van der Waals surface area contributed by atoms with E-state index < -0.39 is 5.97 Å². The number of aliphatic carboxylic acids is 1. The van der Waals surface area contributed by atoms with Gasteiger partial charge in [-0.3, -0.25) is 4.79 Å². The average Bonchev–Trinajstić information content (AvgIpc) is 2.84. The standard InChI is InChI=1S/C14H26N2O3/c1-3-8-16(9-4-2)14(19)15-10-11-6-5-7-12(11)13(17)18/h11-12H,3-10H2,1-2H3,(H,15,19)(H,17,18). The van der Waals surface area contributed by atoms with Gasteiger partial charge in [-0.25, -0.2) is 4.79 Å². The Morgan fingerprint density at radius 3 is 2.37 bits per heavy atom. The van der Waals surface area contributed by atoms with Gasteiger partial charge in [-0.05, 0) is 31.6 Å². The monoisotopic (exact) mass is 270 g/mol. The van der Waals surface area contributed by atoms with Crippen molar-refractivity contribution in [3.8, 4) is 0 Å². The molecule has 0 saturated heterocycles. The summed E-state index contributed by atoms with van der Waals surface area (Å²) in [7, 11) is 0. The van der Waals surface area contributed by atoms with Crippen LogP contribution < -0.4 is 5.32 Å². The third kappa shape index (κ3) is 4.73. The van der Waals surface area contributed by atoms with Crippen LogP contribution in [0.15, 0.2) is 0 Å². The maximum Gasteiger partial charge on any atom is 0.317 e. The normalized spacial score (nSPS) is 22.2. The van der Waals surface area contributed by atoms with Crippen molar-refractivity contribution in [2.45, 2.75) is 46.0 Å². The molecule has 1 fully saturated rings. The van der Waals surface area contributed by atoms with Gasteiger partial charge in [0.05, 0.1) is 5.92 Å². The molecule has 2 N–H and O–H groups in total. The van der Waals surface area contributed by atoms with E-state index in [2.05, 4.69) is 5.32 Å². The predicted octanol–water partition coefficient (Wildman–Crippen LogP) is 2.32. The summed E-state index contributed by atoms with van der Waals surface area (Å²) in [4.78, 5) is 24.9. The van der Waals surface area contributed by atoms with Gasteiger partial charge >= 0.3 is 12.0 Å². The summed E-state index contributed by atoms with van der Waals surface area (Å²) in [5, 5.41) is 12.0. The molecule has 5 nitrogen and oxygen atoms in total. The fraction of sp³-hybridized carbons (Fsp3) is 0.857. The van der Waals surface area contributed by atoms with Gasteiger partial charge in [-0.15, -0.1) is 0 Å². The molecule has 0 spiro atoms. The molecule has 0 aromatic heterocycles. The molecule has 0 radical (unpaired) electrons. The lowest BCUT2D eigenvalue weighted by molar-refractivity contribution is -0.142. The van der Waals surface area contributed by atoms with Gasteiger partial charge in [-0.2, -0.15) is 0 Å². The van der Waals surface area contributed by atoms with Crippen LogP contribution in [0.1, 0.15) is 46.0 Å². The van der Waals surface area contributed by atoms with Crippen molar-refractivity contribution in [1.82, 2.24) is 10.2 Å². The third-order valence-electron chi connectivity index (χ3n) is 3.77. The number of carboxylic acid groups (broad SMARTS) is 1. The zero-order valence-corrected chi connectivity index (χ0v) is 12.0. The van der Waals surface area contributed by atoms with Crippen LogP contribution in [0.4, 0.5) is 4.79 Å². The van der Waals surface area contributed by atoms with Gasteiger partial charge in [0.1, 0.15) is 0 Å². The smallest absolute Gasteiger partial charge is 0.317 e. The molecule has 1 rings (SSSR count). The molecule has 1 aliphatic carbocycles. The molecule has 1 aliphatic rings. The Balaban J connectivity index is 2.41. The number of carbonyl (C=O) groups is 2. The Morgan fingerprint density at radius 1 is 1.21 bits per heavy atom. The molecule has 0 aromatic carbocycles. The highest BCUT2D eigenvalue weighted by atomic mass is 16.4. The van der Waals surface area contributed by atoms with Gasteiger partial charge in [0, 0.05) is 19.6 Å². The number of carboxylic acids is 1. The summed E-state index contributed by atoms with van der Waals surface area (Å²) in [6.07, 6.45) is 4.47. The Hall–Kier alpha value is -1.26. The van der Waals surface area contributed by atoms with E-state index in [1.165, 1.54) is 0 Å². The summed E-state index contributed by atoms with van der Waals surface area (Å²) in [6.45, 7) is 6.10. The first kappa shape index (κ1) is 15.8. The molecular formula is C14H26N2O3. The lowest BCUT2D eigenvalue weighted by Crippen LogP contribution is -2.43. The molecular weight excluding hydrogens is 244 g/mol. The number of rotatable bonds is 7. The Morgan fingerprint density at radius 2 is 1.84 bits per heavy atom. The highest BCUT2D eigenvalue weighted by Gasteiger charge is 2.33. The summed E-state index contributed by atoms with van der Waals surface area (Å²) in [5.74, 6) is -0.923. The molecule has 110 valence electrons. The zero-order chi connectivity index (χ0) is 14.3. The number of nitrogens with zero attached hydrogens (tertiary/aromatic N) is 1. The van der Waals surface area contributed by atoms with E-state index in [4.69, 9.17) is 5.11 Å². The van der Waals surface area contributed by atoms with Gasteiger partial charge in [0.15, 0.2) is 0 Å². The van der Waals surface area contributed by atoms with E-state index in [0.29, 0.717) is 6.54 Å². The molecule has 5 heteroatoms. The van der Waals surface area contributed by atoms with Crippen LogP contribution in [0.3, 0.4) is 0 Å². The van der Waals surface area contributed by atoms with Gasteiger partial charge in [0.2, 0.25) is 0 Å². The van der Waals surface area contributed by atoms with Crippen LogP contribution in [-0.4, -0.2) is 41.6 Å². The van der Waals surface area contributed by atoms with Gasteiger partial charge in [0.25, 0.3) is 0 Å². The topological polar surface area (TPSA) is 69.6 Å². The molecule has 0 bridgehead atoms. The Kier molecular flexibility index (Phi) is 6.67. The van der Waals surface area contributed by atoms with Crippen molar-refractivity contribution >= 4 is 12.0 Å². The molecule has 19 heavy (non-hydrogen) atoms. The lowest BCUT2D eigenvalue weighted by Gasteiger charge is -2.24. The third-order valence-corrected chi connectivity index (χ3v) is 3.77. The Labute approximate surface area is 115 Å². The Bertz CT molecular complexity index is 301. The number of urea groups is 1. The summed E-state index contributed by atoms with van der Waals surface area (Å²) in [6, 6.07) is -0.0558. The maximum atomic E-state index is 12.0. The second-order valence-electron chi connectivity index (χ2n) is 5.31. The van der Waals surface area contributed by atoms with E-state index in [-0.39, 0.29) is 17.9 Å². The van der Waals surface area contributed by atoms with Gasteiger partial charge in [-0.1, -0.05) is 20.3 Å². The van der Waals surface area contributed by atoms with Crippen LogP contribution in [0.5, 0.6) is 0 Å². The lowest BCUT2D eigenvalue weighted by atomic mass is 9.96. The number of carbonyl (C=O) groups excluding carboxylic acids is 1. The highest BCUT2D eigenvalue weighted by molar-refractivity contribution is 5.74. The molecule has 0 heterocycles. The maximum absolute atomic E-state index is 12.0. The quantitative estimate of drug-likeness (QED) is 0.746. The van der Waals surface area contributed by atoms with Crippen LogP contribution in [-0.2, 0) is 4.79 Å². The molecule has 2 atom stereocenters. The van der Waals surface area contributed by atoms with E-state index >= 15 is 0 Å². The minimum atomic E-state index is -0.726. The zero-order valence-electron chi connectivity index (χ0n) is 12.0. The second kappa shape index (κ2) is 8.02. The largest absolute Gasteiger partial charge is 0.481 e. The molecule has 1 saturated carbocycles. The predicted molar refractivity (Wildman–Crippen MR) is 74.0 cm³/mol. The summed E-state index contributed by atoms with van der Waals surface area (Å²) in [5.41, 5.74) is 0. The number of hydrogen-bond acceptors (Lipinski definition) is 2. The second-order valence-corrected chi connectivity index (χ2v) is 5.31. The minimum absolute atomic E-state index is 0.0558. The molecule has 2 amide bonds. The highest BCUT2D eigenvalue weighted by Crippen LogP contribution is 2.31. The van der Waals surface area contributed by atoms with E-state index in [0.717, 1.165) is 45.2 Å². The molecule has 2 unspecified atom stereocenters. The molecule has 0 aromatic rings. The van der Waals surface area contributed by atoms with Crippen LogP contribution in [0.25, 0.3) is 0 Å². The van der Waals surface area contributed by atoms with Crippen molar-refractivity contribution < 1.29 is 14.7 Å². The minimum Gasteiger partial charge on any atom is -0.481 e. The fourth-order valence-corrected chi connectivity index (χ4v) is 2.79. The average molecular weight is 270 g/mol. The van der Waals surface area contributed by atoms with Crippen LogP contribution in [0, 0.1) is 11.8 Å². The first-order valence-corrected chi connectivity index (χ1v) is 7.35. The van der Waals surface area contributed by atoms with Gasteiger partial charge < -0.3 is 15.3 Å². The van der Waals surface area contributed by atoms with E-state index in [1.54, 1.807) is 0 Å².